The number of aromatic nitrogens is 3. The first-order valence-electron chi connectivity index (χ1n) is 1.93. The molecule has 0 saturated carbocycles. The number of rotatable bonds is 0. The molecule has 1 aromatic heterocycles. The van der Waals surface area contributed by atoms with E-state index in [1.165, 1.54) is 4.79 Å². The smallest absolute Gasteiger partial charge is 0.0789 e. The van der Waals surface area contributed by atoms with Gasteiger partial charge < -0.3 is 5.84 Å². The summed E-state index contributed by atoms with van der Waals surface area (Å²) in [5, 5.41) is 6.97. The second-order valence-corrected chi connectivity index (χ2v) is 1.32. The Morgan fingerprint density at radius 3 is 2.71 bits per heavy atom. The van der Waals surface area contributed by atoms with Gasteiger partial charge in [0.05, 0.1) is 11.9 Å². The Hall–Kier alpha value is -1.06. The van der Waals surface area contributed by atoms with E-state index in [4.69, 9.17) is 5.84 Å². The average Bonchev–Trinajstić information content (AvgIpc) is 1.91. The lowest BCUT2D eigenvalue weighted by Crippen LogP contribution is -2.11. The minimum Gasteiger partial charge on any atom is -0.322 e. The Bertz CT molecular complexity index is 139. The Morgan fingerprint density at radius 1 is 1.86 bits per heavy atom. The van der Waals surface area contributed by atoms with E-state index < -0.39 is 0 Å². The topological polar surface area (TPSA) is 56.7 Å². The quantitative estimate of drug-likeness (QED) is 0.436. The third-order valence-corrected chi connectivity index (χ3v) is 0.754. The van der Waals surface area contributed by atoms with Crippen molar-refractivity contribution < 1.29 is 0 Å². The molecule has 2 N–H and O–H groups in total. The van der Waals surface area contributed by atoms with E-state index >= 15 is 0 Å². The minimum atomic E-state index is 0.861. The van der Waals surface area contributed by atoms with Crippen molar-refractivity contribution in [2.45, 2.75) is 6.92 Å². The number of nitrogens with two attached hydrogens (primary N) is 1. The number of nitrogen functional groups attached to an aromatic ring is 1. The van der Waals surface area contributed by atoms with Gasteiger partial charge in [-0.3, -0.25) is 0 Å². The van der Waals surface area contributed by atoms with Crippen molar-refractivity contribution in [2.75, 3.05) is 5.84 Å². The van der Waals surface area contributed by atoms with Gasteiger partial charge in [0.2, 0.25) is 0 Å². The van der Waals surface area contributed by atoms with Crippen molar-refractivity contribution in [2.24, 2.45) is 0 Å². The summed E-state index contributed by atoms with van der Waals surface area (Å²) in [5.74, 6) is 5.18. The molecule has 0 aliphatic rings. The lowest BCUT2D eigenvalue weighted by Gasteiger charge is -1.85. The molecule has 1 aromatic rings. The molecule has 0 amide bonds. The van der Waals surface area contributed by atoms with E-state index in [0.29, 0.717) is 0 Å². The Morgan fingerprint density at radius 2 is 2.57 bits per heavy atom. The maximum absolute atomic E-state index is 5.18. The van der Waals surface area contributed by atoms with Gasteiger partial charge in [0, 0.05) is 0 Å². The monoisotopic (exact) mass is 98.1 g/mol. The zero-order valence-electron chi connectivity index (χ0n) is 4.00. The molecule has 0 aromatic carbocycles. The predicted molar refractivity (Wildman–Crippen MR) is 24.9 cm³/mol. The first kappa shape index (κ1) is 4.11. The van der Waals surface area contributed by atoms with Crippen LogP contribution in [0.4, 0.5) is 0 Å². The largest absolute Gasteiger partial charge is 0.322 e. The highest BCUT2D eigenvalue weighted by Crippen LogP contribution is 1.82. The molecule has 1 rings (SSSR count). The van der Waals surface area contributed by atoms with Crippen LogP contribution in [0.25, 0.3) is 0 Å². The number of nitrogens with zero attached hydrogens (tertiary/aromatic N) is 3. The molecule has 0 aliphatic heterocycles. The van der Waals surface area contributed by atoms with Crippen molar-refractivity contribution in [1.29, 1.82) is 0 Å². The van der Waals surface area contributed by atoms with Gasteiger partial charge in [0.15, 0.2) is 0 Å². The highest BCUT2D eigenvalue weighted by molar-refractivity contribution is 4.87. The van der Waals surface area contributed by atoms with E-state index in [-0.39, 0.29) is 0 Å². The molecule has 0 aliphatic carbocycles. The second-order valence-electron chi connectivity index (χ2n) is 1.32. The molecular weight excluding hydrogens is 92.1 g/mol. The fourth-order valence-electron chi connectivity index (χ4n) is 0.295. The highest BCUT2D eigenvalue weighted by Gasteiger charge is 1.86. The third-order valence-electron chi connectivity index (χ3n) is 0.754. The first-order chi connectivity index (χ1) is 3.30. The summed E-state index contributed by atoms with van der Waals surface area (Å²) in [6, 6.07) is 0. The zero-order valence-corrected chi connectivity index (χ0v) is 4.00. The molecule has 4 heteroatoms. The van der Waals surface area contributed by atoms with E-state index in [2.05, 4.69) is 10.3 Å². The molecule has 0 radical (unpaired) electrons. The Kier molecular flexibility index (Phi) is 0.714. The lowest BCUT2D eigenvalue weighted by molar-refractivity contribution is 0.746. The molecule has 0 bridgehead atoms. The summed E-state index contributed by atoms with van der Waals surface area (Å²) in [4.78, 5) is 1.22. The second kappa shape index (κ2) is 1.22. The summed E-state index contributed by atoms with van der Waals surface area (Å²) in [6.07, 6.45) is 1.60. The summed E-state index contributed by atoms with van der Waals surface area (Å²) in [6.45, 7) is 1.83. The Balaban J connectivity index is 3.12. The number of hydrogen-bond donors (Lipinski definition) is 1. The fraction of sp³-hybridized carbons (Fsp3) is 0.333. The maximum Gasteiger partial charge on any atom is 0.0789 e. The molecule has 38 valence electrons. The fourth-order valence-corrected chi connectivity index (χ4v) is 0.295. The van der Waals surface area contributed by atoms with Crippen LogP contribution in [0.15, 0.2) is 6.20 Å². The maximum atomic E-state index is 5.18. The minimum absolute atomic E-state index is 0.861. The van der Waals surface area contributed by atoms with Crippen LogP contribution in [0.2, 0.25) is 0 Å². The van der Waals surface area contributed by atoms with Gasteiger partial charge in [-0.1, -0.05) is 0 Å². The van der Waals surface area contributed by atoms with Crippen molar-refractivity contribution in [3.63, 3.8) is 0 Å². The van der Waals surface area contributed by atoms with Gasteiger partial charge in [-0.15, -0.1) is 5.10 Å². The third kappa shape index (κ3) is 0.534. The van der Waals surface area contributed by atoms with Gasteiger partial charge in [-0.05, 0) is 12.1 Å². The number of aryl methyl sites for hydroxylation is 1. The normalized spacial score (nSPS) is 9.29. The van der Waals surface area contributed by atoms with Gasteiger partial charge >= 0.3 is 0 Å². The van der Waals surface area contributed by atoms with Crippen LogP contribution in [0.3, 0.4) is 0 Å². The van der Waals surface area contributed by atoms with Crippen molar-refractivity contribution in [3.8, 4) is 0 Å². The standard InChI is InChI=1S/C3H6N4/c1-3-2-5-6-7(3)4/h2H,4H2,1H3. The molecule has 1 heterocycles. The number of hydrogen-bond acceptors (Lipinski definition) is 3. The van der Waals surface area contributed by atoms with Gasteiger partial charge in [-0.25, -0.2) is 0 Å². The summed E-state index contributed by atoms with van der Waals surface area (Å²) in [5.41, 5.74) is 0.861. The van der Waals surface area contributed by atoms with E-state index in [0.717, 1.165) is 5.69 Å². The van der Waals surface area contributed by atoms with Crippen LogP contribution in [-0.4, -0.2) is 15.1 Å². The van der Waals surface area contributed by atoms with E-state index in [1.54, 1.807) is 6.20 Å². The highest BCUT2D eigenvalue weighted by atomic mass is 15.6. The average molecular weight is 98.1 g/mol. The SMILES string of the molecule is Cc1cnnn1N. The van der Waals surface area contributed by atoms with E-state index in [1.807, 2.05) is 6.92 Å². The molecule has 0 unspecified atom stereocenters. The predicted octanol–water partition coefficient (Wildman–Crippen LogP) is -0.700. The molecule has 0 spiro atoms. The van der Waals surface area contributed by atoms with Crippen molar-refractivity contribution >= 4 is 0 Å². The summed E-state index contributed by atoms with van der Waals surface area (Å²) in [7, 11) is 0. The molecule has 0 fully saturated rings. The van der Waals surface area contributed by atoms with Crippen LogP contribution < -0.4 is 5.84 Å². The lowest BCUT2D eigenvalue weighted by atomic mass is 10.6. The van der Waals surface area contributed by atoms with Crippen molar-refractivity contribution in [1.82, 2.24) is 15.1 Å². The van der Waals surface area contributed by atoms with Gasteiger partial charge in [0.25, 0.3) is 0 Å². The van der Waals surface area contributed by atoms with Crippen LogP contribution in [0.1, 0.15) is 5.69 Å². The van der Waals surface area contributed by atoms with E-state index in [9.17, 15) is 0 Å². The molecule has 0 saturated heterocycles. The van der Waals surface area contributed by atoms with Crippen LogP contribution in [0, 0.1) is 6.92 Å². The molecule has 4 nitrogen and oxygen atoms in total. The zero-order chi connectivity index (χ0) is 5.28. The van der Waals surface area contributed by atoms with Gasteiger partial charge in [-0.2, -0.15) is 4.79 Å². The molecule has 0 atom stereocenters. The Labute approximate surface area is 40.9 Å². The van der Waals surface area contributed by atoms with Crippen LogP contribution in [-0.2, 0) is 0 Å². The van der Waals surface area contributed by atoms with Gasteiger partial charge in [0.1, 0.15) is 0 Å². The summed E-state index contributed by atoms with van der Waals surface area (Å²) < 4.78 is 0. The molecule has 7 heavy (non-hydrogen) atoms. The first-order valence-corrected chi connectivity index (χ1v) is 1.93. The van der Waals surface area contributed by atoms with Crippen LogP contribution >= 0.6 is 0 Å². The molecular formula is C3H6N4. The summed E-state index contributed by atoms with van der Waals surface area (Å²) >= 11 is 0. The van der Waals surface area contributed by atoms with Crippen LogP contribution in [0.5, 0.6) is 0 Å². The van der Waals surface area contributed by atoms with Crippen molar-refractivity contribution in [3.05, 3.63) is 11.9 Å².